The van der Waals surface area contributed by atoms with Gasteiger partial charge in [-0.2, -0.15) is 0 Å². The fourth-order valence-corrected chi connectivity index (χ4v) is 2.65. The molecule has 3 rings (SSSR count). The Morgan fingerprint density at radius 2 is 2.11 bits per heavy atom. The van der Waals surface area contributed by atoms with E-state index in [-0.39, 0.29) is 17.7 Å². The van der Waals surface area contributed by atoms with Crippen molar-refractivity contribution in [3.8, 4) is 0 Å². The molecule has 1 saturated carbocycles. The lowest BCUT2D eigenvalue weighted by atomic mass is 9.85. The van der Waals surface area contributed by atoms with Crippen LogP contribution in [0.15, 0.2) is 18.2 Å². The maximum Gasteiger partial charge on any atom is 0.227 e. The topological polar surface area (TPSA) is 49.4 Å². The largest absolute Gasteiger partial charge is 0.326 e. The number of aryl methyl sites for hydroxylation is 1. The Hall–Kier alpha value is -1.84. The van der Waals surface area contributed by atoms with Gasteiger partial charge in [-0.3, -0.25) is 9.59 Å². The summed E-state index contributed by atoms with van der Waals surface area (Å²) in [5.41, 5.74) is 2.94. The van der Waals surface area contributed by atoms with Gasteiger partial charge in [0.2, 0.25) is 11.8 Å². The summed E-state index contributed by atoms with van der Waals surface area (Å²) >= 11 is 0. The fourth-order valence-electron chi connectivity index (χ4n) is 2.65. The number of amides is 2. The number of benzene rings is 1. The standard InChI is InChI=1S/C15H18N2O2/c1-17-13-7-6-12(9-11(13)5-8-14(17)18)16-15(19)10-3-2-4-10/h6-7,9-10H,2-5,8H2,1H3,(H,16,19). The lowest BCUT2D eigenvalue weighted by Crippen LogP contribution is -2.31. The van der Waals surface area contributed by atoms with Crippen molar-refractivity contribution in [1.29, 1.82) is 0 Å². The van der Waals surface area contributed by atoms with Crippen LogP contribution in [0.1, 0.15) is 31.2 Å². The molecular weight excluding hydrogens is 240 g/mol. The zero-order chi connectivity index (χ0) is 13.4. The van der Waals surface area contributed by atoms with E-state index in [0.29, 0.717) is 6.42 Å². The van der Waals surface area contributed by atoms with E-state index in [1.165, 1.54) is 0 Å². The van der Waals surface area contributed by atoms with Crippen molar-refractivity contribution in [2.24, 2.45) is 5.92 Å². The van der Waals surface area contributed by atoms with Gasteiger partial charge in [-0.25, -0.2) is 0 Å². The maximum absolute atomic E-state index is 11.9. The highest BCUT2D eigenvalue weighted by molar-refractivity contribution is 5.97. The van der Waals surface area contributed by atoms with Crippen LogP contribution in [0, 0.1) is 5.92 Å². The molecule has 1 aliphatic carbocycles. The molecule has 1 aromatic rings. The highest BCUT2D eigenvalue weighted by Crippen LogP contribution is 2.31. The second kappa shape index (κ2) is 4.68. The number of carbonyl (C=O) groups is 2. The van der Waals surface area contributed by atoms with Crippen LogP contribution in [0.25, 0.3) is 0 Å². The first-order chi connectivity index (χ1) is 9.15. The lowest BCUT2D eigenvalue weighted by molar-refractivity contribution is -0.122. The summed E-state index contributed by atoms with van der Waals surface area (Å²) in [5.74, 6) is 0.477. The van der Waals surface area contributed by atoms with Crippen molar-refractivity contribution in [2.75, 3.05) is 17.3 Å². The average Bonchev–Trinajstić information content (AvgIpc) is 2.32. The SMILES string of the molecule is CN1C(=O)CCc2cc(NC(=O)C3CCC3)ccc21. The van der Waals surface area contributed by atoms with Gasteiger partial charge in [0.25, 0.3) is 0 Å². The monoisotopic (exact) mass is 258 g/mol. The van der Waals surface area contributed by atoms with Crippen molar-refractivity contribution >= 4 is 23.2 Å². The molecule has 1 N–H and O–H groups in total. The predicted octanol–water partition coefficient (Wildman–Crippen LogP) is 2.33. The first-order valence-electron chi connectivity index (χ1n) is 6.85. The molecule has 0 bridgehead atoms. The number of carbonyl (C=O) groups excluding carboxylic acids is 2. The van der Waals surface area contributed by atoms with Crippen molar-refractivity contribution in [2.45, 2.75) is 32.1 Å². The van der Waals surface area contributed by atoms with Crippen LogP contribution in [0.5, 0.6) is 0 Å². The van der Waals surface area contributed by atoms with Gasteiger partial charge in [0.15, 0.2) is 0 Å². The molecule has 0 atom stereocenters. The number of nitrogens with one attached hydrogen (secondary N) is 1. The Morgan fingerprint density at radius 3 is 2.79 bits per heavy atom. The van der Waals surface area contributed by atoms with Gasteiger partial charge < -0.3 is 10.2 Å². The number of rotatable bonds is 2. The van der Waals surface area contributed by atoms with Crippen LogP contribution in [0.2, 0.25) is 0 Å². The molecule has 19 heavy (non-hydrogen) atoms. The normalized spacial score (nSPS) is 18.8. The Morgan fingerprint density at radius 1 is 1.32 bits per heavy atom. The van der Waals surface area contributed by atoms with Gasteiger partial charge in [0.05, 0.1) is 0 Å². The number of hydrogen-bond donors (Lipinski definition) is 1. The van der Waals surface area contributed by atoms with Crippen LogP contribution in [0.3, 0.4) is 0 Å². The van der Waals surface area contributed by atoms with Gasteiger partial charge in [0.1, 0.15) is 0 Å². The quantitative estimate of drug-likeness (QED) is 0.885. The molecular formula is C15H18N2O2. The van der Waals surface area contributed by atoms with Gasteiger partial charge in [-0.1, -0.05) is 6.42 Å². The van der Waals surface area contributed by atoms with Gasteiger partial charge in [-0.15, -0.1) is 0 Å². The number of fused-ring (bicyclic) bond motifs is 1. The van der Waals surface area contributed by atoms with Crippen LogP contribution in [0.4, 0.5) is 11.4 Å². The van der Waals surface area contributed by atoms with Gasteiger partial charge in [0, 0.05) is 30.8 Å². The predicted molar refractivity (Wildman–Crippen MR) is 74.1 cm³/mol. The van der Waals surface area contributed by atoms with Gasteiger partial charge >= 0.3 is 0 Å². The molecule has 0 aromatic heterocycles. The molecule has 2 aliphatic rings. The van der Waals surface area contributed by atoms with Crippen molar-refractivity contribution < 1.29 is 9.59 Å². The Bertz CT molecular complexity index is 535. The molecule has 2 amide bonds. The highest BCUT2D eigenvalue weighted by atomic mass is 16.2. The third kappa shape index (κ3) is 2.23. The number of nitrogens with zero attached hydrogens (tertiary/aromatic N) is 1. The summed E-state index contributed by atoms with van der Waals surface area (Å²) in [7, 11) is 1.80. The molecule has 0 unspecified atom stereocenters. The van der Waals surface area contributed by atoms with E-state index < -0.39 is 0 Å². The zero-order valence-corrected chi connectivity index (χ0v) is 11.1. The molecule has 1 aliphatic heterocycles. The molecule has 0 radical (unpaired) electrons. The molecule has 1 heterocycles. The summed E-state index contributed by atoms with van der Waals surface area (Å²) < 4.78 is 0. The zero-order valence-electron chi connectivity index (χ0n) is 11.1. The summed E-state index contributed by atoms with van der Waals surface area (Å²) in [6, 6.07) is 5.79. The maximum atomic E-state index is 11.9. The van der Waals surface area contributed by atoms with Crippen LogP contribution in [-0.2, 0) is 16.0 Å². The van der Waals surface area contributed by atoms with E-state index in [2.05, 4.69) is 5.32 Å². The molecule has 1 fully saturated rings. The summed E-state index contributed by atoms with van der Waals surface area (Å²) in [6.07, 6.45) is 4.48. The van der Waals surface area contributed by atoms with Crippen molar-refractivity contribution in [3.05, 3.63) is 23.8 Å². The van der Waals surface area contributed by atoms with E-state index >= 15 is 0 Å². The minimum atomic E-state index is 0.131. The molecule has 4 nitrogen and oxygen atoms in total. The van der Waals surface area contributed by atoms with E-state index in [1.807, 2.05) is 18.2 Å². The Labute approximate surface area is 112 Å². The van der Waals surface area contributed by atoms with Crippen LogP contribution >= 0.6 is 0 Å². The van der Waals surface area contributed by atoms with Crippen molar-refractivity contribution in [3.63, 3.8) is 0 Å². The van der Waals surface area contributed by atoms with Gasteiger partial charge in [-0.05, 0) is 43.0 Å². The second-order valence-electron chi connectivity index (χ2n) is 5.41. The molecule has 1 aromatic carbocycles. The van der Waals surface area contributed by atoms with E-state index in [4.69, 9.17) is 0 Å². The first-order valence-corrected chi connectivity index (χ1v) is 6.85. The van der Waals surface area contributed by atoms with E-state index in [0.717, 1.165) is 42.6 Å². The number of hydrogen-bond acceptors (Lipinski definition) is 2. The second-order valence-corrected chi connectivity index (χ2v) is 5.41. The molecule has 0 saturated heterocycles. The highest BCUT2D eigenvalue weighted by Gasteiger charge is 2.26. The van der Waals surface area contributed by atoms with Crippen molar-refractivity contribution in [1.82, 2.24) is 0 Å². The number of anilines is 2. The van der Waals surface area contributed by atoms with E-state index in [9.17, 15) is 9.59 Å². The van der Waals surface area contributed by atoms with E-state index in [1.54, 1.807) is 11.9 Å². The molecule has 0 spiro atoms. The summed E-state index contributed by atoms with van der Waals surface area (Å²) in [4.78, 5) is 25.2. The fraction of sp³-hybridized carbons (Fsp3) is 0.467. The first kappa shape index (κ1) is 12.2. The molecule has 4 heteroatoms. The van der Waals surface area contributed by atoms with Crippen LogP contribution in [-0.4, -0.2) is 18.9 Å². The Kier molecular flexibility index (Phi) is 3.01. The third-order valence-corrected chi connectivity index (χ3v) is 4.17. The third-order valence-electron chi connectivity index (χ3n) is 4.17. The summed E-state index contributed by atoms with van der Waals surface area (Å²) in [5, 5.41) is 2.98. The minimum absolute atomic E-state index is 0.131. The Balaban J connectivity index is 1.77. The smallest absolute Gasteiger partial charge is 0.227 e. The average molecular weight is 258 g/mol. The minimum Gasteiger partial charge on any atom is -0.326 e. The summed E-state index contributed by atoms with van der Waals surface area (Å²) in [6.45, 7) is 0. The lowest BCUT2D eigenvalue weighted by Gasteiger charge is -2.27. The van der Waals surface area contributed by atoms with Crippen LogP contribution < -0.4 is 10.2 Å². The molecule has 100 valence electrons.